The summed E-state index contributed by atoms with van der Waals surface area (Å²) in [6.45, 7) is 0.170. The zero-order chi connectivity index (χ0) is 15.4. The van der Waals surface area contributed by atoms with Crippen LogP contribution in [-0.2, 0) is 16.1 Å². The molecule has 114 valence electrons. The van der Waals surface area contributed by atoms with Crippen molar-refractivity contribution < 1.29 is 23.5 Å². The predicted molar refractivity (Wildman–Crippen MR) is 71.4 cm³/mol. The summed E-state index contributed by atoms with van der Waals surface area (Å²) in [5.74, 6) is -3.08. The van der Waals surface area contributed by atoms with Crippen molar-refractivity contribution in [2.45, 2.75) is 32.2 Å². The fraction of sp³-hybridized carbons (Fsp3) is 0.467. The van der Waals surface area contributed by atoms with Crippen LogP contribution >= 0.6 is 0 Å². The van der Waals surface area contributed by atoms with Crippen molar-refractivity contribution in [3.05, 3.63) is 35.4 Å². The molecule has 1 aliphatic rings. The number of carbonyl (C=O) groups is 2. The summed E-state index contributed by atoms with van der Waals surface area (Å²) >= 11 is 0. The molecule has 1 aromatic rings. The summed E-state index contributed by atoms with van der Waals surface area (Å²) in [4.78, 5) is 24.4. The van der Waals surface area contributed by atoms with E-state index in [9.17, 15) is 18.4 Å². The van der Waals surface area contributed by atoms with Crippen molar-refractivity contribution in [3.8, 4) is 0 Å². The second-order valence-electron chi connectivity index (χ2n) is 5.28. The summed E-state index contributed by atoms with van der Waals surface area (Å²) in [5, 5.41) is 8.75. The molecule has 0 heterocycles. The second kappa shape index (κ2) is 6.65. The van der Waals surface area contributed by atoms with Crippen molar-refractivity contribution in [2.24, 2.45) is 5.92 Å². The number of hydrogen-bond donors (Lipinski definition) is 1. The molecule has 0 aromatic heterocycles. The molecule has 0 radical (unpaired) electrons. The van der Waals surface area contributed by atoms with E-state index in [1.165, 1.54) is 11.0 Å². The lowest BCUT2D eigenvalue weighted by Crippen LogP contribution is -2.39. The normalized spacial score (nSPS) is 14.6. The SMILES string of the molecule is O=C(O)CCN(Cc1ccc(F)c(F)c1)C(=O)C1CCC1. The van der Waals surface area contributed by atoms with Crippen LogP contribution in [0.5, 0.6) is 0 Å². The van der Waals surface area contributed by atoms with Gasteiger partial charge in [0.25, 0.3) is 0 Å². The molecule has 2 rings (SSSR count). The van der Waals surface area contributed by atoms with E-state index in [4.69, 9.17) is 5.11 Å². The first-order chi connectivity index (χ1) is 9.97. The molecular weight excluding hydrogens is 280 g/mol. The van der Waals surface area contributed by atoms with Gasteiger partial charge in [0.05, 0.1) is 6.42 Å². The maximum atomic E-state index is 13.2. The first-order valence-electron chi connectivity index (χ1n) is 6.92. The number of rotatable bonds is 6. The molecule has 0 aliphatic heterocycles. The Hall–Kier alpha value is -1.98. The first kappa shape index (κ1) is 15.4. The third kappa shape index (κ3) is 4.00. The Labute approximate surface area is 121 Å². The van der Waals surface area contributed by atoms with Crippen molar-refractivity contribution >= 4 is 11.9 Å². The van der Waals surface area contributed by atoms with Gasteiger partial charge in [-0.2, -0.15) is 0 Å². The van der Waals surface area contributed by atoms with Crippen LogP contribution < -0.4 is 0 Å². The van der Waals surface area contributed by atoms with E-state index in [1.54, 1.807) is 0 Å². The van der Waals surface area contributed by atoms with Gasteiger partial charge in [-0.15, -0.1) is 0 Å². The van der Waals surface area contributed by atoms with E-state index in [0.717, 1.165) is 31.4 Å². The summed E-state index contributed by atoms with van der Waals surface area (Å²) in [6.07, 6.45) is 2.44. The zero-order valence-electron chi connectivity index (χ0n) is 11.5. The van der Waals surface area contributed by atoms with E-state index in [0.29, 0.717) is 5.56 Å². The smallest absolute Gasteiger partial charge is 0.305 e. The molecule has 1 aliphatic carbocycles. The molecule has 0 atom stereocenters. The Morgan fingerprint density at radius 2 is 1.95 bits per heavy atom. The second-order valence-corrected chi connectivity index (χ2v) is 5.28. The number of hydrogen-bond acceptors (Lipinski definition) is 2. The Bertz CT molecular complexity index is 544. The fourth-order valence-corrected chi connectivity index (χ4v) is 2.27. The largest absolute Gasteiger partial charge is 0.481 e. The van der Waals surface area contributed by atoms with Gasteiger partial charge in [0, 0.05) is 19.0 Å². The average Bonchev–Trinajstić information content (AvgIpc) is 2.36. The summed E-state index contributed by atoms with van der Waals surface area (Å²) in [7, 11) is 0. The highest BCUT2D eigenvalue weighted by atomic mass is 19.2. The highest BCUT2D eigenvalue weighted by molar-refractivity contribution is 5.80. The van der Waals surface area contributed by atoms with E-state index in [1.807, 2.05) is 0 Å². The Kier molecular flexibility index (Phi) is 4.88. The zero-order valence-corrected chi connectivity index (χ0v) is 11.5. The monoisotopic (exact) mass is 297 g/mol. The summed E-state index contributed by atoms with van der Waals surface area (Å²) < 4.78 is 26.1. The van der Waals surface area contributed by atoms with Gasteiger partial charge in [0.15, 0.2) is 11.6 Å². The first-order valence-corrected chi connectivity index (χ1v) is 6.92. The van der Waals surface area contributed by atoms with Gasteiger partial charge in [-0.3, -0.25) is 9.59 Å². The average molecular weight is 297 g/mol. The van der Waals surface area contributed by atoms with E-state index in [-0.39, 0.29) is 31.3 Å². The highest BCUT2D eigenvalue weighted by Crippen LogP contribution is 2.29. The van der Waals surface area contributed by atoms with Gasteiger partial charge in [-0.05, 0) is 30.5 Å². The minimum absolute atomic E-state index is 0.0657. The maximum Gasteiger partial charge on any atom is 0.305 e. The predicted octanol–water partition coefficient (Wildman–Crippen LogP) is 2.57. The third-order valence-electron chi connectivity index (χ3n) is 3.72. The summed E-state index contributed by atoms with van der Waals surface area (Å²) in [6, 6.07) is 3.45. The molecule has 0 bridgehead atoms. The van der Waals surface area contributed by atoms with Gasteiger partial charge in [0.2, 0.25) is 5.91 Å². The number of benzene rings is 1. The van der Waals surface area contributed by atoms with Crippen LogP contribution in [-0.4, -0.2) is 28.4 Å². The van der Waals surface area contributed by atoms with Crippen LogP contribution in [0.4, 0.5) is 8.78 Å². The lowest BCUT2D eigenvalue weighted by atomic mass is 9.84. The molecule has 0 unspecified atom stereocenters. The molecule has 4 nitrogen and oxygen atoms in total. The van der Waals surface area contributed by atoms with E-state index < -0.39 is 17.6 Å². The fourth-order valence-electron chi connectivity index (χ4n) is 2.27. The van der Waals surface area contributed by atoms with Crippen molar-refractivity contribution in [3.63, 3.8) is 0 Å². The number of carboxylic acids is 1. The number of aliphatic carboxylic acids is 1. The van der Waals surface area contributed by atoms with E-state index >= 15 is 0 Å². The van der Waals surface area contributed by atoms with Gasteiger partial charge in [-0.25, -0.2) is 8.78 Å². The van der Waals surface area contributed by atoms with Crippen LogP contribution in [0.2, 0.25) is 0 Å². The molecule has 1 aromatic carbocycles. The minimum Gasteiger partial charge on any atom is -0.481 e. The Morgan fingerprint density at radius 3 is 2.48 bits per heavy atom. The van der Waals surface area contributed by atoms with Crippen molar-refractivity contribution in [2.75, 3.05) is 6.54 Å². The number of halogens is 2. The molecular formula is C15H17F2NO3. The molecule has 6 heteroatoms. The van der Waals surface area contributed by atoms with Crippen LogP contribution in [0, 0.1) is 17.6 Å². The lowest BCUT2D eigenvalue weighted by Gasteiger charge is -2.31. The van der Waals surface area contributed by atoms with Crippen LogP contribution in [0.25, 0.3) is 0 Å². The number of amides is 1. The molecule has 0 saturated heterocycles. The van der Waals surface area contributed by atoms with Gasteiger partial charge in [-0.1, -0.05) is 12.5 Å². The molecule has 1 saturated carbocycles. The maximum absolute atomic E-state index is 13.2. The number of carboxylic acid groups (broad SMARTS) is 1. The van der Waals surface area contributed by atoms with Crippen LogP contribution in [0.1, 0.15) is 31.2 Å². The van der Waals surface area contributed by atoms with Gasteiger partial charge >= 0.3 is 5.97 Å². The summed E-state index contributed by atoms with van der Waals surface area (Å²) in [5.41, 5.74) is 0.451. The highest BCUT2D eigenvalue weighted by Gasteiger charge is 2.29. The molecule has 1 N–H and O–H groups in total. The quantitative estimate of drug-likeness (QED) is 0.878. The minimum atomic E-state index is -0.994. The van der Waals surface area contributed by atoms with Crippen molar-refractivity contribution in [1.82, 2.24) is 4.90 Å². The lowest BCUT2D eigenvalue weighted by molar-refractivity contribution is -0.141. The number of carbonyl (C=O) groups excluding carboxylic acids is 1. The molecule has 1 amide bonds. The molecule has 0 spiro atoms. The van der Waals surface area contributed by atoms with Gasteiger partial charge < -0.3 is 10.0 Å². The van der Waals surface area contributed by atoms with Gasteiger partial charge in [0.1, 0.15) is 0 Å². The number of nitrogens with zero attached hydrogens (tertiary/aromatic N) is 1. The standard InChI is InChI=1S/C15H17F2NO3/c16-12-5-4-10(8-13(12)17)9-18(7-6-14(19)20)15(21)11-2-1-3-11/h4-5,8,11H,1-3,6-7,9H2,(H,19,20). The van der Waals surface area contributed by atoms with Crippen molar-refractivity contribution in [1.29, 1.82) is 0 Å². The Morgan fingerprint density at radius 1 is 1.24 bits per heavy atom. The van der Waals surface area contributed by atoms with E-state index in [2.05, 4.69) is 0 Å². The third-order valence-corrected chi connectivity index (χ3v) is 3.72. The Balaban J connectivity index is 2.07. The molecule has 1 fully saturated rings. The van der Waals surface area contributed by atoms with Crippen LogP contribution in [0.15, 0.2) is 18.2 Å². The molecule has 21 heavy (non-hydrogen) atoms. The van der Waals surface area contributed by atoms with Crippen LogP contribution in [0.3, 0.4) is 0 Å². The topological polar surface area (TPSA) is 57.6 Å².